The van der Waals surface area contributed by atoms with Crippen molar-refractivity contribution in [1.82, 2.24) is 0 Å². The molecular weight excluding hydrogens is 346 g/mol. The van der Waals surface area contributed by atoms with Crippen molar-refractivity contribution in [3.05, 3.63) is 75.8 Å². The standard InChI is InChI=1S/C17H13NO4S2/c1-10-6-8-11(9-7-10)24(21,22)23-17-14(18)15(19)12-4-2-3-5-13(12)16(17)20/h2-9H,18H2,1H3. The van der Waals surface area contributed by atoms with Crippen LogP contribution < -0.4 is 5.73 Å². The molecule has 24 heavy (non-hydrogen) atoms. The van der Waals surface area contributed by atoms with Crippen LogP contribution >= 0.6 is 10.8 Å². The SMILES string of the molecule is Cc1ccc(S(=O)(=O)SC2=C(N)C(=O)c3ccccc3C2=O)cc1. The number of nitrogens with two attached hydrogens (primary N) is 1. The summed E-state index contributed by atoms with van der Waals surface area (Å²) in [4.78, 5) is 24.7. The van der Waals surface area contributed by atoms with Crippen LogP contribution in [0.1, 0.15) is 26.3 Å². The zero-order valence-corrected chi connectivity index (χ0v) is 14.3. The Labute approximate surface area is 142 Å². The summed E-state index contributed by atoms with van der Waals surface area (Å²) in [6.45, 7) is 1.84. The number of ketones is 2. The van der Waals surface area contributed by atoms with Crippen molar-refractivity contribution in [2.75, 3.05) is 0 Å². The van der Waals surface area contributed by atoms with Gasteiger partial charge in [0.25, 0.3) is 0 Å². The molecule has 0 atom stereocenters. The molecule has 2 N–H and O–H groups in total. The first kappa shape index (κ1) is 16.5. The molecule has 0 aromatic heterocycles. The number of hydrogen-bond acceptors (Lipinski definition) is 6. The molecule has 0 saturated heterocycles. The summed E-state index contributed by atoms with van der Waals surface area (Å²) in [5, 5.41) is 0. The number of Topliss-reactive ketones (excluding diaryl/α,β-unsaturated/α-hetero) is 2. The molecule has 2 aromatic carbocycles. The summed E-state index contributed by atoms with van der Waals surface area (Å²) in [6, 6.07) is 12.5. The minimum Gasteiger partial charge on any atom is -0.394 e. The van der Waals surface area contributed by atoms with Gasteiger partial charge >= 0.3 is 0 Å². The lowest BCUT2D eigenvalue weighted by Gasteiger charge is -2.17. The summed E-state index contributed by atoms with van der Waals surface area (Å²) in [5.74, 6) is -1.09. The average Bonchev–Trinajstić information content (AvgIpc) is 2.57. The van der Waals surface area contributed by atoms with E-state index in [0.29, 0.717) is 10.8 Å². The van der Waals surface area contributed by atoms with Crippen LogP contribution in [0, 0.1) is 6.92 Å². The molecule has 2 aromatic rings. The van der Waals surface area contributed by atoms with E-state index in [9.17, 15) is 18.0 Å². The first-order valence-corrected chi connectivity index (χ1v) is 9.82. The van der Waals surface area contributed by atoms with E-state index in [0.717, 1.165) is 5.56 Å². The topological polar surface area (TPSA) is 94.3 Å². The summed E-state index contributed by atoms with van der Waals surface area (Å²) >= 11 is 0. The molecule has 1 aliphatic carbocycles. The Bertz CT molecular complexity index is 990. The van der Waals surface area contributed by atoms with Crippen molar-refractivity contribution in [2.45, 2.75) is 11.8 Å². The number of fused-ring (bicyclic) bond motifs is 1. The van der Waals surface area contributed by atoms with E-state index in [1.165, 1.54) is 24.3 Å². The fourth-order valence-corrected chi connectivity index (χ4v) is 5.25. The van der Waals surface area contributed by atoms with Gasteiger partial charge in [0.2, 0.25) is 20.4 Å². The predicted octanol–water partition coefficient (Wildman–Crippen LogP) is 2.67. The molecule has 0 bridgehead atoms. The molecular formula is C17H13NO4S2. The van der Waals surface area contributed by atoms with Gasteiger partial charge < -0.3 is 5.73 Å². The third kappa shape index (κ3) is 2.76. The van der Waals surface area contributed by atoms with Gasteiger partial charge in [0.15, 0.2) is 0 Å². The first-order chi connectivity index (χ1) is 11.3. The minimum atomic E-state index is -3.86. The highest BCUT2D eigenvalue weighted by molar-refractivity contribution is 8.73. The molecule has 0 amide bonds. The van der Waals surface area contributed by atoms with Crippen LogP contribution in [-0.2, 0) is 8.87 Å². The molecule has 122 valence electrons. The molecule has 0 radical (unpaired) electrons. The van der Waals surface area contributed by atoms with Gasteiger partial charge in [-0.05, 0) is 19.1 Å². The maximum atomic E-state index is 12.6. The van der Waals surface area contributed by atoms with Gasteiger partial charge in [-0.2, -0.15) is 0 Å². The molecule has 5 nitrogen and oxygen atoms in total. The van der Waals surface area contributed by atoms with Crippen LogP contribution in [-0.4, -0.2) is 20.0 Å². The summed E-state index contributed by atoms with van der Waals surface area (Å²) in [7, 11) is -3.54. The predicted molar refractivity (Wildman–Crippen MR) is 92.3 cm³/mol. The maximum absolute atomic E-state index is 12.6. The number of hydrogen-bond donors (Lipinski definition) is 1. The Kier molecular flexibility index (Phi) is 4.06. The average molecular weight is 359 g/mol. The Hall–Kier alpha value is -2.38. The number of rotatable bonds is 3. The fourth-order valence-electron chi connectivity index (χ4n) is 2.32. The fraction of sp³-hybridized carbons (Fsp3) is 0.0588. The van der Waals surface area contributed by atoms with E-state index in [4.69, 9.17) is 5.73 Å². The normalized spacial score (nSPS) is 14.7. The van der Waals surface area contributed by atoms with Crippen molar-refractivity contribution >= 4 is 31.2 Å². The van der Waals surface area contributed by atoms with Gasteiger partial charge in [0.05, 0.1) is 15.5 Å². The third-order valence-corrected chi connectivity index (χ3v) is 6.99. The van der Waals surface area contributed by atoms with Crippen LogP contribution in [0.25, 0.3) is 0 Å². The highest BCUT2D eigenvalue weighted by atomic mass is 33.1. The zero-order chi connectivity index (χ0) is 17.5. The van der Waals surface area contributed by atoms with Crippen molar-refractivity contribution in [3.8, 4) is 0 Å². The third-order valence-electron chi connectivity index (χ3n) is 3.61. The number of aryl methyl sites for hydroxylation is 1. The first-order valence-electron chi connectivity index (χ1n) is 7.00. The van der Waals surface area contributed by atoms with Crippen LogP contribution in [0.2, 0.25) is 0 Å². The molecule has 3 rings (SSSR count). The van der Waals surface area contributed by atoms with Crippen LogP contribution in [0.15, 0.2) is 64.0 Å². The van der Waals surface area contributed by atoms with E-state index < -0.39 is 20.4 Å². The second-order valence-electron chi connectivity index (χ2n) is 5.30. The number of allylic oxidation sites excluding steroid dienone is 2. The number of carbonyl (C=O) groups is 2. The molecule has 0 heterocycles. The van der Waals surface area contributed by atoms with Gasteiger partial charge in [-0.3, -0.25) is 9.59 Å². The van der Waals surface area contributed by atoms with Crippen molar-refractivity contribution < 1.29 is 18.0 Å². The lowest BCUT2D eigenvalue weighted by Crippen LogP contribution is -2.25. The van der Waals surface area contributed by atoms with Crippen molar-refractivity contribution in [3.63, 3.8) is 0 Å². The molecule has 0 spiro atoms. The molecule has 0 aliphatic heterocycles. The minimum absolute atomic E-state index is 0.0532. The maximum Gasteiger partial charge on any atom is 0.234 e. The smallest absolute Gasteiger partial charge is 0.234 e. The molecule has 7 heteroatoms. The van der Waals surface area contributed by atoms with E-state index >= 15 is 0 Å². The number of benzene rings is 2. The Balaban J connectivity index is 2.03. The van der Waals surface area contributed by atoms with E-state index in [1.54, 1.807) is 24.3 Å². The molecule has 1 aliphatic rings. The second kappa shape index (κ2) is 5.92. The quantitative estimate of drug-likeness (QED) is 0.847. The zero-order valence-electron chi connectivity index (χ0n) is 12.6. The molecule has 0 saturated carbocycles. The molecule has 0 unspecified atom stereocenters. The summed E-state index contributed by atoms with van der Waals surface area (Å²) < 4.78 is 25.1. The second-order valence-corrected chi connectivity index (χ2v) is 9.07. The molecule has 0 fully saturated rings. The Morgan fingerprint density at radius 2 is 1.42 bits per heavy atom. The number of carbonyl (C=O) groups excluding carboxylic acids is 2. The summed E-state index contributed by atoms with van der Waals surface area (Å²) in [6.07, 6.45) is 0. The lowest BCUT2D eigenvalue weighted by molar-refractivity contribution is 0.0980. The van der Waals surface area contributed by atoms with E-state index in [2.05, 4.69) is 0 Å². The van der Waals surface area contributed by atoms with Crippen molar-refractivity contribution in [2.24, 2.45) is 5.73 Å². The largest absolute Gasteiger partial charge is 0.394 e. The van der Waals surface area contributed by atoms with Gasteiger partial charge in [-0.25, -0.2) is 8.42 Å². The van der Waals surface area contributed by atoms with E-state index in [1.807, 2.05) is 6.92 Å². The van der Waals surface area contributed by atoms with Gasteiger partial charge in [0.1, 0.15) is 0 Å². The Morgan fingerprint density at radius 1 is 0.875 bits per heavy atom. The van der Waals surface area contributed by atoms with Crippen molar-refractivity contribution in [1.29, 1.82) is 0 Å². The van der Waals surface area contributed by atoms with Gasteiger partial charge in [0, 0.05) is 21.9 Å². The van der Waals surface area contributed by atoms with Gasteiger partial charge in [-0.15, -0.1) is 0 Å². The Morgan fingerprint density at radius 3 is 2.00 bits per heavy atom. The van der Waals surface area contributed by atoms with Crippen LogP contribution in [0.5, 0.6) is 0 Å². The summed E-state index contributed by atoms with van der Waals surface area (Å²) in [5.41, 5.74) is 6.70. The van der Waals surface area contributed by atoms with E-state index in [-0.39, 0.29) is 26.6 Å². The highest BCUT2D eigenvalue weighted by Crippen LogP contribution is 2.37. The van der Waals surface area contributed by atoms with Crippen LogP contribution in [0.3, 0.4) is 0 Å². The van der Waals surface area contributed by atoms with Crippen LogP contribution in [0.4, 0.5) is 0 Å². The monoisotopic (exact) mass is 359 g/mol. The van der Waals surface area contributed by atoms with Gasteiger partial charge in [-0.1, -0.05) is 42.0 Å². The lowest BCUT2D eigenvalue weighted by atomic mass is 9.93. The highest BCUT2D eigenvalue weighted by Gasteiger charge is 2.34.